The molecule has 1 N–H and O–H groups in total. The van der Waals surface area contributed by atoms with Crippen molar-refractivity contribution >= 4 is 0 Å². The van der Waals surface area contributed by atoms with E-state index in [1.54, 1.807) is 0 Å². The van der Waals surface area contributed by atoms with E-state index < -0.39 is 0 Å². The molecule has 2 heterocycles. The Kier molecular flexibility index (Phi) is 2.99. The second-order valence-electron chi connectivity index (χ2n) is 5.53. The van der Waals surface area contributed by atoms with E-state index in [1.165, 1.54) is 11.1 Å². The molecule has 0 spiro atoms. The van der Waals surface area contributed by atoms with Crippen molar-refractivity contribution in [3.05, 3.63) is 48.2 Å². The first-order valence-corrected chi connectivity index (χ1v) is 6.57. The van der Waals surface area contributed by atoms with Gasteiger partial charge in [-0.05, 0) is 31.0 Å². The van der Waals surface area contributed by atoms with Crippen LogP contribution in [-0.4, -0.2) is 17.1 Å². The summed E-state index contributed by atoms with van der Waals surface area (Å²) in [6, 6.07) is 12.4. The Morgan fingerprint density at radius 2 is 1.95 bits per heavy atom. The largest absolute Gasteiger partial charge is 0.475 e. The SMILES string of the molecule is CC1(C)COc2nccc(-c3ccccc3)c2CN1. The van der Waals surface area contributed by atoms with Gasteiger partial charge in [-0.2, -0.15) is 0 Å². The van der Waals surface area contributed by atoms with E-state index in [2.05, 4.69) is 54.5 Å². The smallest absolute Gasteiger partial charge is 0.218 e. The fraction of sp³-hybridized carbons (Fsp3) is 0.312. The zero-order valence-corrected chi connectivity index (χ0v) is 11.3. The zero-order valence-electron chi connectivity index (χ0n) is 11.3. The first-order chi connectivity index (χ1) is 9.16. The van der Waals surface area contributed by atoms with Gasteiger partial charge in [0.05, 0.1) is 0 Å². The van der Waals surface area contributed by atoms with Gasteiger partial charge in [0.15, 0.2) is 0 Å². The molecule has 0 saturated heterocycles. The number of nitrogens with one attached hydrogen (secondary N) is 1. The molecule has 3 rings (SSSR count). The van der Waals surface area contributed by atoms with Gasteiger partial charge in [-0.25, -0.2) is 4.98 Å². The quantitative estimate of drug-likeness (QED) is 0.849. The van der Waals surface area contributed by atoms with Crippen LogP contribution in [0.4, 0.5) is 0 Å². The summed E-state index contributed by atoms with van der Waals surface area (Å²) in [7, 11) is 0. The fourth-order valence-corrected chi connectivity index (χ4v) is 2.28. The topological polar surface area (TPSA) is 34.1 Å². The van der Waals surface area contributed by atoms with E-state index in [9.17, 15) is 0 Å². The standard InChI is InChI=1S/C16H18N2O/c1-16(2)11-19-15-14(10-18-16)13(8-9-17-15)12-6-4-3-5-7-12/h3-9,18H,10-11H2,1-2H3. The number of rotatable bonds is 1. The number of aromatic nitrogens is 1. The molecule has 1 aliphatic rings. The molecule has 19 heavy (non-hydrogen) atoms. The highest BCUT2D eigenvalue weighted by Crippen LogP contribution is 2.31. The van der Waals surface area contributed by atoms with Crippen LogP contribution in [0.15, 0.2) is 42.6 Å². The Bertz CT molecular complexity index is 579. The van der Waals surface area contributed by atoms with Crippen LogP contribution in [0.1, 0.15) is 19.4 Å². The van der Waals surface area contributed by atoms with Crippen molar-refractivity contribution in [2.45, 2.75) is 25.9 Å². The van der Waals surface area contributed by atoms with Crippen molar-refractivity contribution in [3.8, 4) is 17.0 Å². The summed E-state index contributed by atoms with van der Waals surface area (Å²) in [6.45, 7) is 5.69. The molecule has 98 valence electrons. The summed E-state index contributed by atoms with van der Waals surface area (Å²) in [5.41, 5.74) is 3.50. The predicted molar refractivity (Wildman–Crippen MR) is 76.1 cm³/mol. The van der Waals surface area contributed by atoms with Crippen LogP contribution in [0.2, 0.25) is 0 Å². The molecule has 1 aromatic heterocycles. The first kappa shape index (κ1) is 12.2. The molecule has 3 nitrogen and oxygen atoms in total. The lowest BCUT2D eigenvalue weighted by atomic mass is 10.0. The average Bonchev–Trinajstić information content (AvgIpc) is 2.59. The van der Waals surface area contributed by atoms with Crippen LogP contribution < -0.4 is 10.1 Å². The van der Waals surface area contributed by atoms with Gasteiger partial charge in [0.2, 0.25) is 5.88 Å². The average molecular weight is 254 g/mol. The van der Waals surface area contributed by atoms with Gasteiger partial charge in [0.1, 0.15) is 6.61 Å². The summed E-state index contributed by atoms with van der Waals surface area (Å²) in [6.07, 6.45) is 1.82. The molecule has 0 bridgehead atoms. The maximum atomic E-state index is 5.85. The summed E-state index contributed by atoms with van der Waals surface area (Å²) in [4.78, 5) is 4.37. The maximum absolute atomic E-state index is 5.85. The third-order valence-corrected chi connectivity index (χ3v) is 3.41. The number of hydrogen-bond acceptors (Lipinski definition) is 3. The van der Waals surface area contributed by atoms with Gasteiger partial charge in [0.25, 0.3) is 0 Å². The molecule has 0 aliphatic carbocycles. The summed E-state index contributed by atoms with van der Waals surface area (Å²) in [5, 5.41) is 3.52. The van der Waals surface area contributed by atoms with Crippen molar-refractivity contribution < 1.29 is 4.74 Å². The van der Waals surface area contributed by atoms with Gasteiger partial charge in [0, 0.05) is 23.8 Å². The van der Waals surface area contributed by atoms with Crippen LogP contribution in [0.3, 0.4) is 0 Å². The lowest BCUT2D eigenvalue weighted by molar-refractivity contribution is 0.216. The minimum Gasteiger partial charge on any atom is -0.475 e. The third kappa shape index (κ3) is 2.47. The maximum Gasteiger partial charge on any atom is 0.218 e. The Balaban J connectivity index is 2.06. The van der Waals surface area contributed by atoms with Crippen LogP contribution in [0, 0.1) is 0 Å². The van der Waals surface area contributed by atoms with Crippen molar-refractivity contribution in [1.82, 2.24) is 10.3 Å². The molecular formula is C16H18N2O. The highest BCUT2D eigenvalue weighted by molar-refractivity contribution is 5.68. The Hall–Kier alpha value is -1.87. The van der Waals surface area contributed by atoms with Gasteiger partial charge in [-0.1, -0.05) is 30.3 Å². The Labute approximate surface area is 113 Å². The normalized spacial score (nSPS) is 17.2. The minimum atomic E-state index is -0.0331. The molecule has 3 heteroatoms. The zero-order chi connectivity index (χ0) is 13.3. The summed E-state index contributed by atoms with van der Waals surface area (Å²) < 4.78 is 5.85. The number of pyridine rings is 1. The van der Waals surface area contributed by atoms with E-state index in [-0.39, 0.29) is 5.54 Å². The first-order valence-electron chi connectivity index (χ1n) is 6.57. The monoisotopic (exact) mass is 254 g/mol. The van der Waals surface area contributed by atoms with Gasteiger partial charge >= 0.3 is 0 Å². The third-order valence-electron chi connectivity index (χ3n) is 3.41. The molecule has 0 atom stereocenters. The van der Waals surface area contributed by atoms with E-state index in [1.807, 2.05) is 12.3 Å². The van der Waals surface area contributed by atoms with Crippen LogP contribution in [-0.2, 0) is 6.54 Å². The summed E-state index contributed by atoms with van der Waals surface area (Å²) >= 11 is 0. The van der Waals surface area contributed by atoms with Crippen molar-refractivity contribution in [3.63, 3.8) is 0 Å². The molecular weight excluding hydrogens is 236 g/mol. The highest BCUT2D eigenvalue weighted by atomic mass is 16.5. The molecule has 0 amide bonds. The predicted octanol–water partition coefficient (Wildman–Crippen LogP) is 3.01. The number of hydrogen-bond donors (Lipinski definition) is 1. The van der Waals surface area contributed by atoms with Crippen molar-refractivity contribution in [2.24, 2.45) is 0 Å². The van der Waals surface area contributed by atoms with Crippen molar-refractivity contribution in [2.75, 3.05) is 6.61 Å². The molecule has 2 aromatic rings. The van der Waals surface area contributed by atoms with E-state index in [0.29, 0.717) is 6.61 Å². The second-order valence-corrected chi connectivity index (χ2v) is 5.53. The van der Waals surface area contributed by atoms with E-state index >= 15 is 0 Å². The number of fused-ring (bicyclic) bond motifs is 1. The molecule has 1 aromatic carbocycles. The summed E-state index contributed by atoms with van der Waals surface area (Å²) in [5.74, 6) is 0.749. The molecule has 1 aliphatic heterocycles. The Morgan fingerprint density at radius 3 is 2.74 bits per heavy atom. The van der Waals surface area contributed by atoms with E-state index in [4.69, 9.17) is 4.74 Å². The van der Waals surface area contributed by atoms with Crippen LogP contribution >= 0.6 is 0 Å². The van der Waals surface area contributed by atoms with Gasteiger partial charge < -0.3 is 10.1 Å². The highest BCUT2D eigenvalue weighted by Gasteiger charge is 2.25. The molecule has 0 unspecified atom stereocenters. The minimum absolute atomic E-state index is 0.0331. The van der Waals surface area contributed by atoms with Gasteiger partial charge in [-0.15, -0.1) is 0 Å². The lowest BCUT2D eigenvalue weighted by Crippen LogP contribution is -2.42. The van der Waals surface area contributed by atoms with Crippen LogP contribution in [0.25, 0.3) is 11.1 Å². The van der Waals surface area contributed by atoms with Crippen LogP contribution in [0.5, 0.6) is 5.88 Å². The van der Waals surface area contributed by atoms with Crippen molar-refractivity contribution in [1.29, 1.82) is 0 Å². The molecule has 0 radical (unpaired) electrons. The fourth-order valence-electron chi connectivity index (χ4n) is 2.28. The Morgan fingerprint density at radius 1 is 1.16 bits per heavy atom. The lowest BCUT2D eigenvalue weighted by Gasteiger charge is -2.22. The number of benzene rings is 1. The second kappa shape index (κ2) is 4.67. The van der Waals surface area contributed by atoms with E-state index in [0.717, 1.165) is 18.0 Å². The number of nitrogens with zero attached hydrogens (tertiary/aromatic N) is 1. The number of ether oxygens (including phenoxy) is 1. The molecule has 0 saturated carbocycles. The van der Waals surface area contributed by atoms with Gasteiger partial charge in [-0.3, -0.25) is 0 Å². The molecule has 0 fully saturated rings.